The lowest BCUT2D eigenvalue weighted by molar-refractivity contribution is 0.184. The summed E-state index contributed by atoms with van der Waals surface area (Å²) < 4.78 is 11.0. The molecule has 0 aliphatic heterocycles. The van der Waals surface area contributed by atoms with E-state index in [1.54, 1.807) is 25.3 Å². The summed E-state index contributed by atoms with van der Waals surface area (Å²) in [6.07, 6.45) is -1.02. The molecule has 1 unspecified atom stereocenters. The van der Waals surface area contributed by atoms with Gasteiger partial charge in [0.2, 0.25) is 0 Å². The molecule has 0 bridgehead atoms. The summed E-state index contributed by atoms with van der Waals surface area (Å²) in [5.74, 6) is 1.13. The number of halogens is 2. The van der Waals surface area contributed by atoms with Gasteiger partial charge in [-0.25, -0.2) is 0 Å². The second kappa shape index (κ2) is 7.55. The van der Waals surface area contributed by atoms with Crippen molar-refractivity contribution in [3.63, 3.8) is 0 Å². The summed E-state index contributed by atoms with van der Waals surface area (Å²) in [5, 5.41) is 10.1. The zero-order valence-corrected chi connectivity index (χ0v) is 13.0. The Balaban J connectivity index is 2.22. The van der Waals surface area contributed by atoms with Crippen molar-refractivity contribution >= 4 is 23.2 Å². The van der Waals surface area contributed by atoms with Gasteiger partial charge in [0.25, 0.3) is 0 Å². The highest BCUT2D eigenvalue weighted by Gasteiger charge is 2.20. The first-order valence-corrected chi connectivity index (χ1v) is 7.30. The van der Waals surface area contributed by atoms with E-state index in [9.17, 15) is 5.11 Å². The molecule has 2 aromatic carbocycles. The first kappa shape index (κ1) is 16.0. The first-order chi connectivity index (χ1) is 10.1. The van der Waals surface area contributed by atoms with Gasteiger partial charge in [-0.15, -0.1) is 23.2 Å². The molecule has 0 aliphatic rings. The Hall–Kier alpha value is -1.42. The number of ether oxygens (including phenoxy) is 2. The normalized spacial score (nSPS) is 12.2. The van der Waals surface area contributed by atoms with Crippen LogP contribution in [0.1, 0.15) is 17.2 Å². The molecule has 0 fully saturated rings. The van der Waals surface area contributed by atoms with Gasteiger partial charge in [0.15, 0.2) is 0 Å². The molecule has 21 heavy (non-hydrogen) atoms. The Kier molecular flexibility index (Phi) is 5.74. The van der Waals surface area contributed by atoms with Crippen molar-refractivity contribution in [2.24, 2.45) is 0 Å². The smallest absolute Gasteiger partial charge is 0.137 e. The van der Waals surface area contributed by atoms with Crippen LogP contribution in [0.5, 0.6) is 11.5 Å². The van der Waals surface area contributed by atoms with E-state index in [1.165, 1.54) is 0 Å². The molecule has 2 aromatic rings. The maximum Gasteiger partial charge on any atom is 0.137 e. The van der Waals surface area contributed by atoms with Gasteiger partial charge in [0.05, 0.1) is 7.11 Å². The second-order valence-electron chi connectivity index (χ2n) is 4.46. The van der Waals surface area contributed by atoms with Gasteiger partial charge >= 0.3 is 0 Å². The van der Waals surface area contributed by atoms with Crippen molar-refractivity contribution in [3.05, 3.63) is 59.7 Å². The number of aliphatic hydroxyl groups excluding tert-OH is 1. The Bertz CT molecular complexity index is 573. The molecule has 0 saturated carbocycles. The fraction of sp³-hybridized carbons (Fsp3) is 0.250. The standard InChI is InChI=1S/C16H16Cl2O3/c1-20-12-7-8-13(15(19)16(17)18)14(9-12)21-10-11-5-3-2-4-6-11/h2-9,15-16,19H,10H2,1H3. The van der Waals surface area contributed by atoms with E-state index in [0.717, 1.165) is 5.56 Å². The van der Waals surface area contributed by atoms with Crippen LogP contribution in [0.2, 0.25) is 0 Å². The van der Waals surface area contributed by atoms with Gasteiger partial charge < -0.3 is 14.6 Å². The third-order valence-corrected chi connectivity index (χ3v) is 3.49. The molecule has 0 amide bonds. The van der Waals surface area contributed by atoms with Crippen molar-refractivity contribution in [1.29, 1.82) is 0 Å². The molecular weight excluding hydrogens is 311 g/mol. The molecule has 5 heteroatoms. The summed E-state index contributed by atoms with van der Waals surface area (Å²) in [5.41, 5.74) is 1.55. The van der Waals surface area contributed by atoms with Crippen molar-refractivity contribution in [1.82, 2.24) is 0 Å². The fourth-order valence-electron chi connectivity index (χ4n) is 1.88. The van der Waals surface area contributed by atoms with Crippen LogP contribution in [0.3, 0.4) is 0 Å². The molecule has 2 rings (SSSR count). The minimum atomic E-state index is -1.02. The number of hydrogen-bond acceptors (Lipinski definition) is 3. The van der Waals surface area contributed by atoms with Crippen LogP contribution in [0, 0.1) is 0 Å². The molecule has 1 N–H and O–H groups in total. The van der Waals surface area contributed by atoms with Gasteiger partial charge in [-0.3, -0.25) is 0 Å². The van der Waals surface area contributed by atoms with Crippen molar-refractivity contribution in [2.75, 3.05) is 7.11 Å². The van der Waals surface area contributed by atoms with Crippen LogP contribution in [0.4, 0.5) is 0 Å². The fourth-order valence-corrected chi connectivity index (χ4v) is 2.15. The maximum absolute atomic E-state index is 10.1. The highest BCUT2D eigenvalue weighted by molar-refractivity contribution is 6.44. The Morgan fingerprint density at radius 3 is 2.43 bits per heavy atom. The minimum Gasteiger partial charge on any atom is -0.497 e. The average molecular weight is 327 g/mol. The lowest BCUT2D eigenvalue weighted by Gasteiger charge is -2.18. The quantitative estimate of drug-likeness (QED) is 0.812. The molecule has 1 atom stereocenters. The molecule has 0 spiro atoms. The third-order valence-electron chi connectivity index (χ3n) is 3.02. The van der Waals surface area contributed by atoms with E-state index >= 15 is 0 Å². The first-order valence-electron chi connectivity index (χ1n) is 6.42. The third kappa shape index (κ3) is 4.27. The predicted octanol–water partition coefficient (Wildman–Crippen LogP) is 4.11. The van der Waals surface area contributed by atoms with Crippen LogP contribution in [-0.2, 0) is 6.61 Å². The largest absolute Gasteiger partial charge is 0.497 e. The van der Waals surface area contributed by atoms with Gasteiger partial charge in [-0.2, -0.15) is 0 Å². The van der Waals surface area contributed by atoms with Crippen LogP contribution in [-0.4, -0.2) is 17.1 Å². The molecule has 0 radical (unpaired) electrons. The average Bonchev–Trinajstić information content (AvgIpc) is 2.52. The zero-order valence-electron chi connectivity index (χ0n) is 11.5. The van der Waals surface area contributed by atoms with E-state index < -0.39 is 10.9 Å². The molecule has 0 saturated heterocycles. The van der Waals surface area contributed by atoms with Crippen LogP contribution >= 0.6 is 23.2 Å². The van der Waals surface area contributed by atoms with Gasteiger partial charge in [0, 0.05) is 11.6 Å². The summed E-state index contributed by atoms with van der Waals surface area (Å²) in [4.78, 5) is -0.933. The van der Waals surface area contributed by atoms with E-state index in [2.05, 4.69) is 0 Å². The lowest BCUT2D eigenvalue weighted by atomic mass is 10.1. The number of methoxy groups -OCH3 is 1. The lowest BCUT2D eigenvalue weighted by Crippen LogP contribution is -2.09. The zero-order chi connectivity index (χ0) is 15.2. The molecule has 3 nitrogen and oxygen atoms in total. The minimum absolute atomic E-state index is 0.378. The molecule has 0 aliphatic carbocycles. The van der Waals surface area contributed by atoms with Crippen molar-refractivity contribution < 1.29 is 14.6 Å². The Morgan fingerprint density at radius 2 is 1.81 bits per heavy atom. The Labute approximate surface area is 134 Å². The summed E-state index contributed by atoms with van der Waals surface area (Å²) in [7, 11) is 1.57. The second-order valence-corrected chi connectivity index (χ2v) is 5.62. The predicted molar refractivity (Wildman–Crippen MR) is 84.2 cm³/mol. The van der Waals surface area contributed by atoms with Gasteiger partial charge in [-0.1, -0.05) is 30.3 Å². The molecule has 0 aromatic heterocycles. The number of hydrogen-bond donors (Lipinski definition) is 1. The van der Waals surface area contributed by atoms with E-state index in [4.69, 9.17) is 32.7 Å². The van der Waals surface area contributed by atoms with Crippen LogP contribution in [0.25, 0.3) is 0 Å². The number of benzene rings is 2. The highest BCUT2D eigenvalue weighted by Crippen LogP contribution is 2.34. The summed E-state index contributed by atoms with van der Waals surface area (Å²) in [6, 6.07) is 14.9. The van der Waals surface area contributed by atoms with Crippen molar-refractivity contribution in [2.45, 2.75) is 17.5 Å². The monoisotopic (exact) mass is 326 g/mol. The van der Waals surface area contributed by atoms with E-state index in [-0.39, 0.29) is 0 Å². The highest BCUT2D eigenvalue weighted by atomic mass is 35.5. The summed E-state index contributed by atoms with van der Waals surface area (Å²) >= 11 is 11.5. The van der Waals surface area contributed by atoms with E-state index in [1.807, 2.05) is 30.3 Å². The van der Waals surface area contributed by atoms with Gasteiger partial charge in [0.1, 0.15) is 29.0 Å². The SMILES string of the molecule is COc1ccc(C(O)C(Cl)Cl)c(OCc2ccccc2)c1. The van der Waals surface area contributed by atoms with E-state index in [0.29, 0.717) is 23.7 Å². The summed E-state index contributed by atoms with van der Waals surface area (Å²) in [6.45, 7) is 0.378. The topological polar surface area (TPSA) is 38.7 Å². The number of alkyl halides is 2. The number of aliphatic hydroxyl groups is 1. The molecule has 0 heterocycles. The Morgan fingerprint density at radius 1 is 1.10 bits per heavy atom. The van der Waals surface area contributed by atoms with Crippen molar-refractivity contribution in [3.8, 4) is 11.5 Å². The van der Waals surface area contributed by atoms with Crippen LogP contribution in [0.15, 0.2) is 48.5 Å². The molecular formula is C16H16Cl2O3. The molecule has 112 valence electrons. The van der Waals surface area contributed by atoms with Gasteiger partial charge in [-0.05, 0) is 17.7 Å². The van der Waals surface area contributed by atoms with Crippen LogP contribution < -0.4 is 9.47 Å². The maximum atomic E-state index is 10.1. The number of rotatable bonds is 6.